The first-order valence-corrected chi connectivity index (χ1v) is 6.75. The molecule has 1 aromatic heterocycles. The monoisotopic (exact) mass is 225 g/mol. The van der Waals surface area contributed by atoms with Gasteiger partial charge in [0.15, 0.2) is 0 Å². The molecule has 2 rings (SSSR count). The molecule has 15 heavy (non-hydrogen) atoms. The van der Waals surface area contributed by atoms with Crippen LogP contribution in [-0.4, -0.2) is 15.9 Å². The summed E-state index contributed by atoms with van der Waals surface area (Å²) in [4.78, 5) is 4.49. The molecule has 0 atom stereocenters. The van der Waals surface area contributed by atoms with Crippen molar-refractivity contribution in [1.82, 2.24) is 9.36 Å². The average Bonchev–Trinajstić information content (AvgIpc) is 2.99. The van der Waals surface area contributed by atoms with Gasteiger partial charge in [-0.25, -0.2) is 4.98 Å². The quantitative estimate of drug-likeness (QED) is 0.723. The van der Waals surface area contributed by atoms with Gasteiger partial charge in [0, 0.05) is 24.0 Å². The molecular formula is C11H19N3S. The Bertz CT molecular complexity index is 294. The second-order valence-corrected chi connectivity index (χ2v) is 4.97. The van der Waals surface area contributed by atoms with Crippen molar-refractivity contribution in [1.29, 1.82) is 0 Å². The molecule has 0 aliphatic heterocycles. The van der Waals surface area contributed by atoms with Crippen molar-refractivity contribution in [3.05, 3.63) is 5.82 Å². The van der Waals surface area contributed by atoms with Crippen LogP contribution >= 0.6 is 11.5 Å². The highest BCUT2D eigenvalue weighted by Crippen LogP contribution is 2.39. The zero-order valence-corrected chi connectivity index (χ0v) is 10.1. The number of hydrogen-bond acceptors (Lipinski definition) is 4. The van der Waals surface area contributed by atoms with Gasteiger partial charge in [-0.15, -0.1) is 0 Å². The van der Waals surface area contributed by atoms with Gasteiger partial charge in [0.2, 0.25) is 5.13 Å². The van der Waals surface area contributed by atoms with E-state index in [1.807, 2.05) is 0 Å². The minimum absolute atomic E-state index is 0.678. The van der Waals surface area contributed by atoms with E-state index in [2.05, 4.69) is 21.6 Å². The molecule has 1 heterocycles. The lowest BCUT2D eigenvalue weighted by Gasteiger charge is -2.00. The SMILES string of the molecule is CCCCCCNc1nc(C2CC2)ns1. The Balaban J connectivity index is 1.64. The normalized spacial score (nSPS) is 15.5. The summed E-state index contributed by atoms with van der Waals surface area (Å²) in [7, 11) is 0. The molecule has 0 bridgehead atoms. The third-order valence-electron chi connectivity index (χ3n) is 2.69. The molecule has 3 nitrogen and oxygen atoms in total. The number of anilines is 1. The first-order chi connectivity index (χ1) is 7.40. The third-order valence-corrected chi connectivity index (χ3v) is 3.38. The largest absolute Gasteiger partial charge is 0.360 e. The molecule has 0 unspecified atom stereocenters. The van der Waals surface area contributed by atoms with E-state index in [1.165, 1.54) is 50.1 Å². The third kappa shape index (κ3) is 3.45. The summed E-state index contributed by atoms with van der Waals surface area (Å²) in [5.41, 5.74) is 0. The van der Waals surface area contributed by atoms with Crippen LogP contribution in [0.5, 0.6) is 0 Å². The molecule has 0 amide bonds. The van der Waals surface area contributed by atoms with E-state index >= 15 is 0 Å². The Morgan fingerprint density at radius 2 is 2.20 bits per heavy atom. The Hall–Kier alpha value is -0.640. The highest BCUT2D eigenvalue weighted by molar-refractivity contribution is 7.09. The first kappa shape index (κ1) is 10.9. The number of rotatable bonds is 7. The zero-order chi connectivity index (χ0) is 10.5. The van der Waals surface area contributed by atoms with Crippen molar-refractivity contribution in [2.24, 2.45) is 0 Å². The molecule has 84 valence electrons. The van der Waals surface area contributed by atoms with Gasteiger partial charge >= 0.3 is 0 Å². The number of nitrogens with zero attached hydrogens (tertiary/aromatic N) is 2. The molecule has 1 aliphatic carbocycles. The molecule has 1 fully saturated rings. The van der Waals surface area contributed by atoms with Crippen LogP contribution in [0.25, 0.3) is 0 Å². The molecule has 0 spiro atoms. The van der Waals surface area contributed by atoms with Crippen LogP contribution < -0.4 is 5.32 Å². The number of aromatic nitrogens is 2. The fraction of sp³-hybridized carbons (Fsp3) is 0.818. The Kier molecular flexibility index (Phi) is 3.94. The summed E-state index contributed by atoms with van der Waals surface area (Å²) in [5.74, 6) is 1.74. The van der Waals surface area contributed by atoms with Gasteiger partial charge in [0.1, 0.15) is 5.82 Å². The predicted molar refractivity (Wildman–Crippen MR) is 64.5 cm³/mol. The van der Waals surface area contributed by atoms with Crippen molar-refractivity contribution in [2.45, 2.75) is 51.4 Å². The molecule has 0 radical (unpaired) electrons. The summed E-state index contributed by atoms with van der Waals surface area (Å²) in [6.07, 6.45) is 7.76. The van der Waals surface area contributed by atoms with E-state index in [1.54, 1.807) is 0 Å². The lowest BCUT2D eigenvalue weighted by molar-refractivity contribution is 0.685. The van der Waals surface area contributed by atoms with Gasteiger partial charge in [0.25, 0.3) is 0 Å². The van der Waals surface area contributed by atoms with E-state index in [-0.39, 0.29) is 0 Å². The minimum atomic E-state index is 0.678. The van der Waals surface area contributed by atoms with Crippen molar-refractivity contribution in [3.63, 3.8) is 0 Å². The van der Waals surface area contributed by atoms with Crippen LogP contribution in [0.1, 0.15) is 57.2 Å². The molecule has 1 aromatic rings. The highest BCUT2D eigenvalue weighted by Gasteiger charge is 2.27. The molecule has 1 saturated carbocycles. The van der Waals surface area contributed by atoms with Gasteiger partial charge < -0.3 is 5.32 Å². The zero-order valence-electron chi connectivity index (χ0n) is 9.33. The van der Waals surface area contributed by atoms with Gasteiger partial charge in [-0.2, -0.15) is 4.37 Å². The summed E-state index contributed by atoms with van der Waals surface area (Å²) < 4.78 is 4.36. The second kappa shape index (κ2) is 5.45. The molecule has 1 N–H and O–H groups in total. The Morgan fingerprint density at radius 1 is 1.33 bits per heavy atom. The smallest absolute Gasteiger partial charge is 0.202 e. The van der Waals surface area contributed by atoms with E-state index in [9.17, 15) is 0 Å². The molecule has 1 aliphatic rings. The van der Waals surface area contributed by atoms with Crippen LogP contribution in [0.4, 0.5) is 5.13 Å². The van der Waals surface area contributed by atoms with Gasteiger partial charge in [-0.05, 0) is 19.3 Å². The fourth-order valence-corrected chi connectivity index (χ4v) is 2.23. The molecule has 4 heteroatoms. The van der Waals surface area contributed by atoms with Gasteiger partial charge in [0.05, 0.1) is 0 Å². The maximum Gasteiger partial charge on any atom is 0.202 e. The van der Waals surface area contributed by atoms with Crippen LogP contribution in [0.2, 0.25) is 0 Å². The predicted octanol–water partition coefficient (Wildman–Crippen LogP) is 3.41. The number of hydrogen-bond donors (Lipinski definition) is 1. The second-order valence-electron chi connectivity index (χ2n) is 4.22. The Morgan fingerprint density at radius 3 is 2.93 bits per heavy atom. The first-order valence-electron chi connectivity index (χ1n) is 5.97. The van der Waals surface area contributed by atoms with E-state index < -0.39 is 0 Å². The maximum atomic E-state index is 4.49. The van der Waals surface area contributed by atoms with Gasteiger partial charge in [-0.3, -0.25) is 0 Å². The molecule has 0 saturated heterocycles. The van der Waals surface area contributed by atoms with Crippen LogP contribution in [0.15, 0.2) is 0 Å². The fourth-order valence-electron chi connectivity index (χ4n) is 1.56. The summed E-state index contributed by atoms with van der Waals surface area (Å²) in [6, 6.07) is 0. The summed E-state index contributed by atoms with van der Waals surface area (Å²) >= 11 is 1.51. The van der Waals surface area contributed by atoms with Crippen LogP contribution in [0.3, 0.4) is 0 Å². The topological polar surface area (TPSA) is 37.8 Å². The standard InChI is InChI=1S/C11H19N3S/c1-2-3-4-5-8-12-11-13-10(14-15-11)9-6-7-9/h9H,2-8H2,1H3,(H,12,13,14). The maximum absolute atomic E-state index is 4.49. The van der Waals surface area contributed by atoms with Crippen LogP contribution in [0, 0.1) is 0 Å². The lowest BCUT2D eigenvalue weighted by Crippen LogP contribution is -2.00. The average molecular weight is 225 g/mol. The van der Waals surface area contributed by atoms with Crippen LogP contribution in [-0.2, 0) is 0 Å². The van der Waals surface area contributed by atoms with Crippen molar-refractivity contribution < 1.29 is 0 Å². The van der Waals surface area contributed by atoms with Crippen molar-refractivity contribution >= 4 is 16.7 Å². The van der Waals surface area contributed by atoms with E-state index in [0.29, 0.717) is 5.92 Å². The van der Waals surface area contributed by atoms with E-state index in [4.69, 9.17) is 0 Å². The molecule has 0 aromatic carbocycles. The van der Waals surface area contributed by atoms with Crippen molar-refractivity contribution in [3.8, 4) is 0 Å². The summed E-state index contributed by atoms with van der Waals surface area (Å²) in [5, 5.41) is 4.36. The number of unbranched alkanes of at least 4 members (excludes halogenated alkanes) is 3. The minimum Gasteiger partial charge on any atom is -0.360 e. The highest BCUT2D eigenvalue weighted by atomic mass is 32.1. The van der Waals surface area contributed by atoms with Crippen molar-refractivity contribution in [2.75, 3.05) is 11.9 Å². The Labute approximate surface area is 95.5 Å². The summed E-state index contributed by atoms with van der Waals surface area (Å²) in [6.45, 7) is 3.28. The molecular weight excluding hydrogens is 206 g/mol. The number of nitrogens with one attached hydrogen (secondary N) is 1. The van der Waals surface area contributed by atoms with Gasteiger partial charge in [-0.1, -0.05) is 26.2 Å². The van der Waals surface area contributed by atoms with E-state index in [0.717, 1.165) is 17.5 Å². The lowest BCUT2D eigenvalue weighted by atomic mass is 10.2.